The first-order valence-electron chi connectivity index (χ1n) is 12.3. The number of hydrogen-bond acceptors (Lipinski definition) is 7. The van der Waals surface area contributed by atoms with Crippen molar-refractivity contribution < 1.29 is 13.9 Å². The summed E-state index contributed by atoms with van der Waals surface area (Å²) in [5.74, 6) is 2.06. The van der Waals surface area contributed by atoms with Gasteiger partial charge in [-0.1, -0.05) is 19.1 Å². The molecule has 0 amide bonds. The van der Waals surface area contributed by atoms with Crippen molar-refractivity contribution in [2.45, 2.75) is 32.4 Å². The topological polar surface area (TPSA) is 98.2 Å². The molecule has 1 N–H and O–H groups in total. The lowest BCUT2D eigenvalue weighted by molar-refractivity contribution is 0.141. The third-order valence-electron chi connectivity index (χ3n) is 6.93. The van der Waals surface area contributed by atoms with Crippen LogP contribution in [0.5, 0.6) is 11.5 Å². The number of nitrogens with one attached hydrogen (secondary N) is 1. The Kier molecular flexibility index (Phi) is 5.88. The van der Waals surface area contributed by atoms with E-state index in [4.69, 9.17) is 9.47 Å². The lowest BCUT2D eigenvalue weighted by atomic mass is 9.95. The van der Waals surface area contributed by atoms with Gasteiger partial charge in [-0.25, -0.2) is 9.07 Å². The van der Waals surface area contributed by atoms with Crippen molar-refractivity contribution in [3.05, 3.63) is 75.6 Å². The van der Waals surface area contributed by atoms with Gasteiger partial charge >= 0.3 is 0 Å². The van der Waals surface area contributed by atoms with Crippen LogP contribution in [-0.2, 0) is 6.54 Å². The van der Waals surface area contributed by atoms with Crippen LogP contribution in [0, 0.1) is 11.7 Å². The van der Waals surface area contributed by atoms with E-state index in [0.29, 0.717) is 54.1 Å². The van der Waals surface area contributed by atoms with E-state index in [1.807, 2.05) is 18.2 Å². The summed E-state index contributed by atoms with van der Waals surface area (Å²) in [6.45, 7) is 5.21. The maximum atomic E-state index is 13.5. The maximum Gasteiger partial charge on any atom is 0.253 e. The van der Waals surface area contributed by atoms with Crippen molar-refractivity contribution >= 4 is 10.9 Å². The molecule has 1 saturated heterocycles. The normalized spacial score (nSPS) is 18.9. The predicted molar refractivity (Wildman–Crippen MR) is 131 cm³/mol. The third-order valence-corrected chi connectivity index (χ3v) is 6.93. The smallest absolute Gasteiger partial charge is 0.253 e. The molecule has 0 aliphatic carbocycles. The summed E-state index contributed by atoms with van der Waals surface area (Å²) in [7, 11) is 0. The molecule has 0 saturated carbocycles. The molecule has 4 aromatic rings. The predicted octanol–water partition coefficient (Wildman–Crippen LogP) is 3.29. The van der Waals surface area contributed by atoms with E-state index < -0.39 is 6.04 Å². The first kappa shape index (κ1) is 22.7. The van der Waals surface area contributed by atoms with Gasteiger partial charge in [-0.15, -0.1) is 5.10 Å². The van der Waals surface area contributed by atoms with Gasteiger partial charge in [0.25, 0.3) is 5.56 Å². The summed E-state index contributed by atoms with van der Waals surface area (Å²) in [6, 6.07) is 11.5. The lowest BCUT2D eigenvalue weighted by Crippen LogP contribution is -2.41. The maximum absolute atomic E-state index is 13.5. The van der Waals surface area contributed by atoms with Gasteiger partial charge in [-0.05, 0) is 65.6 Å². The number of tetrazole rings is 1. The Hall–Kier alpha value is -3.79. The van der Waals surface area contributed by atoms with E-state index in [9.17, 15) is 9.18 Å². The largest absolute Gasteiger partial charge is 0.486 e. The number of hydrogen-bond donors (Lipinski definition) is 1. The van der Waals surface area contributed by atoms with Crippen molar-refractivity contribution in [3.8, 4) is 11.5 Å². The fourth-order valence-electron chi connectivity index (χ4n) is 5.20. The van der Waals surface area contributed by atoms with Gasteiger partial charge in [0.05, 0.1) is 12.1 Å². The second kappa shape index (κ2) is 9.34. The van der Waals surface area contributed by atoms with Crippen LogP contribution < -0.4 is 15.0 Å². The Morgan fingerprint density at radius 1 is 1.14 bits per heavy atom. The van der Waals surface area contributed by atoms with Gasteiger partial charge in [-0.2, -0.15) is 0 Å². The second-order valence-corrected chi connectivity index (χ2v) is 9.60. The Labute approximate surface area is 206 Å². The number of pyridine rings is 1. The Morgan fingerprint density at radius 3 is 2.69 bits per heavy atom. The molecular formula is C26H27FN6O3. The van der Waals surface area contributed by atoms with Crippen molar-refractivity contribution in [1.82, 2.24) is 30.1 Å². The van der Waals surface area contributed by atoms with E-state index >= 15 is 0 Å². The summed E-state index contributed by atoms with van der Waals surface area (Å²) < 4.78 is 26.6. The highest BCUT2D eigenvalue weighted by atomic mass is 19.1. The van der Waals surface area contributed by atoms with Crippen LogP contribution in [0.3, 0.4) is 0 Å². The molecule has 2 aromatic carbocycles. The zero-order chi connectivity index (χ0) is 24.6. The fraction of sp³-hybridized carbons (Fsp3) is 0.385. The number of halogens is 1. The number of nitrogens with zero attached hydrogens (tertiary/aromatic N) is 5. The first-order valence-corrected chi connectivity index (χ1v) is 12.3. The van der Waals surface area contributed by atoms with Gasteiger partial charge in [0.1, 0.15) is 25.1 Å². The minimum Gasteiger partial charge on any atom is -0.486 e. The summed E-state index contributed by atoms with van der Waals surface area (Å²) in [4.78, 5) is 18.8. The first-order chi connectivity index (χ1) is 17.5. The highest BCUT2D eigenvalue weighted by Crippen LogP contribution is 2.36. The fourth-order valence-corrected chi connectivity index (χ4v) is 5.20. The van der Waals surface area contributed by atoms with E-state index in [2.05, 4.69) is 32.3 Å². The molecular weight excluding hydrogens is 463 g/mol. The highest BCUT2D eigenvalue weighted by Gasteiger charge is 2.33. The van der Waals surface area contributed by atoms with E-state index in [0.717, 1.165) is 36.9 Å². The van der Waals surface area contributed by atoms with Gasteiger partial charge in [-0.3, -0.25) is 9.69 Å². The molecule has 0 unspecified atom stereocenters. The minimum absolute atomic E-state index is 0.196. The van der Waals surface area contributed by atoms with Crippen molar-refractivity contribution in [1.29, 1.82) is 0 Å². The summed E-state index contributed by atoms with van der Waals surface area (Å²) in [6.07, 6.45) is 2.17. The molecule has 2 aliphatic rings. The number of H-pyrrole nitrogens is 1. The molecule has 0 radical (unpaired) electrons. The molecule has 9 nitrogen and oxygen atoms in total. The number of likely N-dealkylation sites (tertiary alicyclic amines) is 1. The standard InChI is InChI=1S/C26H27FN6O3/c1-16-3-2-8-32(14-16)24(25-29-30-31-33(25)15-17-4-6-19(27)7-5-17)20-11-18-12-22-23(36-10-9-35-22)13-21(18)28-26(20)34/h4-7,11-13,16,24H,2-3,8-10,14-15H2,1H3,(H,28,34)/t16-,24-/m0/s1. The van der Waals surface area contributed by atoms with Crippen LogP contribution in [0.25, 0.3) is 10.9 Å². The molecule has 4 heterocycles. The van der Waals surface area contributed by atoms with Crippen molar-refractivity contribution in [3.63, 3.8) is 0 Å². The molecule has 0 bridgehead atoms. The number of fused-ring (bicyclic) bond motifs is 2. The van der Waals surface area contributed by atoms with Crippen LogP contribution in [0.2, 0.25) is 0 Å². The van der Waals surface area contributed by atoms with Crippen molar-refractivity contribution in [2.75, 3.05) is 26.3 Å². The Morgan fingerprint density at radius 2 is 1.92 bits per heavy atom. The molecule has 36 heavy (non-hydrogen) atoms. The molecule has 2 aromatic heterocycles. The quantitative estimate of drug-likeness (QED) is 0.458. The average Bonchev–Trinajstić information content (AvgIpc) is 3.32. The molecule has 10 heteroatoms. The number of aromatic nitrogens is 5. The number of benzene rings is 2. The molecule has 0 spiro atoms. The summed E-state index contributed by atoms with van der Waals surface area (Å²) in [5, 5.41) is 13.4. The monoisotopic (exact) mass is 490 g/mol. The zero-order valence-electron chi connectivity index (χ0n) is 20.0. The third kappa shape index (κ3) is 4.32. The Bertz CT molecular complexity index is 1450. The molecule has 186 valence electrons. The Balaban J connectivity index is 1.46. The molecule has 2 aliphatic heterocycles. The number of piperidine rings is 1. The van der Waals surface area contributed by atoms with Crippen LogP contribution in [0.15, 0.2) is 47.3 Å². The number of ether oxygens (including phenoxy) is 2. The lowest BCUT2D eigenvalue weighted by Gasteiger charge is -2.36. The van der Waals surface area contributed by atoms with Crippen molar-refractivity contribution in [2.24, 2.45) is 5.92 Å². The number of rotatable bonds is 5. The van der Waals surface area contributed by atoms with Crippen LogP contribution >= 0.6 is 0 Å². The van der Waals surface area contributed by atoms with E-state index in [-0.39, 0.29) is 11.4 Å². The van der Waals surface area contributed by atoms with Crippen LogP contribution in [0.1, 0.15) is 42.8 Å². The average molecular weight is 491 g/mol. The van der Waals surface area contributed by atoms with Crippen LogP contribution in [0.4, 0.5) is 4.39 Å². The van der Waals surface area contributed by atoms with Gasteiger partial charge < -0.3 is 14.5 Å². The molecule has 1 fully saturated rings. The molecule has 2 atom stereocenters. The van der Waals surface area contributed by atoms with Gasteiger partial charge in [0, 0.05) is 23.6 Å². The highest BCUT2D eigenvalue weighted by molar-refractivity contribution is 5.83. The molecule has 6 rings (SSSR count). The van der Waals surface area contributed by atoms with Gasteiger partial charge in [0.15, 0.2) is 17.3 Å². The minimum atomic E-state index is -0.440. The number of aromatic amines is 1. The summed E-state index contributed by atoms with van der Waals surface area (Å²) in [5.41, 5.74) is 1.93. The van der Waals surface area contributed by atoms with Gasteiger partial charge in [0.2, 0.25) is 0 Å². The summed E-state index contributed by atoms with van der Waals surface area (Å²) >= 11 is 0. The van der Waals surface area contributed by atoms with E-state index in [1.54, 1.807) is 16.8 Å². The second-order valence-electron chi connectivity index (χ2n) is 9.60. The SMILES string of the molecule is C[C@H]1CCCN([C@@H](c2cc3cc4c(cc3[nH]c2=O)OCCO4)c2nnnn2Cc2ccc(F)cc2)C1. The van der Waals surface area contributed by atoms with E-state index in [1.165, 1.54) is 12.1 Å². The zero-order valence-corrected chi connectivity index (χ0v) is 20.0. The van der Waals surface area contributed by atoms with Crippen LogP contribution in [-0.4, -0.2) is 56.4 Å².